The lowest BCUT2D eigenvalue weighted by Crippen LogP contribution is -2.57. The predicted octanol–water partition coefficient (Wildman–Crippen LogP) is 0.0652. The number of hydrogen-bond donors (Lipinski definition) is 1. The predicted molar refractivity (Wildman–Crippen MR) is 69.0 cm³/mol. The van der Waals surface area contributed by atoms with Crippen molar-refractivity contribution in [3.05, 3.63) is 0 Å². The molecule has 1 aliphatic heterocycles. The largest absolute Gasteiger partial charge is 0.349 e. The highest BCUT2D eigenvalue weighted by Crippen LogP contribution is 2.27. The maximum atomic E-state index is 12.3. The van der Waals surface area contributed by atoms with Crippen LogP contribution in [0.1, 0.15) is 25.7 Å². The summed E-state index contributed by atoms with van der Waals surface area (Å²) >= 11 is 0. The summed E-state index contributed by atoms with van der Waals surface area (Å²) in [6.45, 7) is 2.46. The van der Waals surface area contributed by atoms with Crippen molar-refractivity contribution in [2.24, 2.45) is 5.92 Å². The van der Waals surface area contributed by atoms with Gasteiger partial charge in [0.25, 0.3) is 0 Å². The second kappa shape index (κ2) is 5.69. The molecular weight excluding hydrogens is 230 g/mol. The first kappa shape index (κ1) is 13.3. The molecule has 2 rings (SSSR count). The number of nitrogens with one attached hydrogen (secondary N) is 1. The number of rotatable bonds is 4. The summed E-state index contributed by atoms with van der Waals surface area (Å²) in [7, 11) is 3.45. The fourth-order valence-corrected chi connectivity index (χ4v) is 2.48. The molecule has 0 aromatic carbocycles. The molecule has 1 heterocycles. The molecule has 0 radical (unpaired) electrons. The van der Waals surface area contributed by atoms with Gasteiger partial charge < -0.3 is 15.1 Å². The highest BCUT2D eigenvalue weighted by molar-refractivity contribution is 5.88. The van der Waals surface area contributed by atoms with Gasteiger partial charge in [0.15, 0.2) is 0 Å². The first-order chi connectivity index (χ1) is 8.58. The van der Waals surface area contributed by atoms with E-state index in [0.717, 1.165) is 19.6 Å². The molecule has 0 spiro atoms. The van der Waals surface area contributed by atoms with Crippen LogP contribution in [-0.4, -0.2) is 61.4 Å². The second-order valence-corrected chi connectivity index (χ2v) is 5.58. The fourth-order valence-electron chi connectivity index (χ4n) is 2.48. The molecule has 1 aliphatic carbocycles. The van der Waals surface area contributed by atoms with Crippen molar-refractivity contribution >= 4 is 11.8 Å². The van der Waals surface area contributed by atoms with Crippen LogP contribution in [0.25, 0.3) is 0 Å². The molecule has 0 aromatic rings. The van der Waals surface area contributed by atoms with Gasteiger partial charge in [0.2, 0.25) is 11.8 Å². The molecule has 5 nitrogen and oxygen atoms in total. The number of carbonyl (C=O) groups is 2. The third-order valence-electron chi connectivity index (χ3n) is 3.96. The number of piperazine rings is 1. The van der Waals surface area contributed by atoms with Crippen molar-refractivity contribution in [3.63, 3.8) is 0 Å². The van der Waals surface area contributed by atoms with Gasteiger partial charge in [0, 0.05) is 33.7 Å². The summed E-state index contributed by atoms with van der Waals surface area (Å²) in [5.74, 6) is 0.798. The Labute approximate surface area is 108 Å². The third kappa shape index (κ3) is 3.02. The van der Waals surface area contributed by atoms with Crippen molar-refractivity contribution in [1.82, 2.24) is 15.1 Å². The molecule has 1 saturated heterocycles. The number of nitrogens with zero attached hydrogens (tertiary/aromatic N) is 2. The van der Waals surface area contributed by atoms with E-state index in [4.69, 9.17) is 0 Å². The van der Waals surface area contributed by atoms with E-state index in [0.29, 0.717) is 5.92 Å². The van der Waals surface area contributed by atoms with Gasteiger partial charge >= 0.3 is 0 Å². The Bertz CT molecular complexity index is 326. The summed E-state index contributed by atoms with van der Waals surface area (Å²) in [4.78, 5) is 27.4. The molecule has 18 heavy (non-hydrogen) atoms. The van der Waals surface area contributed by atoms with Crippen molar-refractivity contribution < 1.29 is 9.59 Å². The molecule has 1 N–H and O–H groups in total. The van der Waals surface area contributed by atoms with Gasteiger partial charge in [-0.15, -0.1) is 0 Å². The van der Waals surface area contributed by atoms with Gasteiger partial charge in [-0.2, -0.15) is 0 Å². The lowest BCUT2D eigenvalue weighted by Gasteiger charge is -2.37. The molecule has 1 atom stereocenters. The third-order valence-corrected chi connectivity index (χ3v) is 3.96. The van der Waals surface area contributed by atoms with E-state index in [9.17, 15) is 9.59 Å². The minimum absolute atomic E-state index is 0.00587. The summed E-state index contributed by atoms with van der Waals surface area (Å²) in [5, 5.41) is 3.16. The van der Waals surface area contributed by atoms with Crippen LogP contribution in [0.4, 0.5) is 0 Å². The van der Waals surface area contributed by atoms with Crippen LogP contribution in [0.3, 0.4) is 0 Å². The van der Waals surface area contributed by atoms with E-state index in [2.05, 4.69) is 5.32 Å². The maximum absolute atomic E-state index is 12.3. The Balaban J connectivity index is 1.87. The zero-order valence-electron chi connectivity index (χ0n) is 11.3. The first-order valence-electron chi connectivity index (χ1n) is 6.80. The van der Waals surface area contributed by atoms with Crippen LogP contribution >= 0.6 is 0 Å². The molecular formula is C13H23N3O2. The Kier molecular flexibility index (Phi) is 4.22. The van der Waals surface area contributed by atoms with Gasteiger partial charge in [0.05, 0.1) is 12.5 Å². The van der Waals surface area contributed by atoms with E-state index in [-0.39, 0.29) is 24.3 Å². The van der Waals surface area contributed by atoms with Gasteiger partial charge in [-0.25, -0.2) is 0 Å². The van der Waals surface area contributed by atoms with E-state index in [1.165, 1.54) is 19.3 Å². The van der Waals surface area contributed by atoms with Crippen molar-refractivity contribution in [2.75, 3.05) is 33.7 Å². The van der Waals surface area contributed by atoms with E-state index < -0.39 is 0 Å². The van der Waals surface area contributed by atoms with Gasteiger partial charge in [0.1, 0.15) is 0 Å². The molecule has 1 unspecified atom stereocenters. The van der Waals surface area contributed by atoms with Gasteiger partial charge in [-0.05, 0) is 18.8 Å². The molecule has 1 saturated carbocycles. The van der Waals surface area contributed by atoms with Crippen LogP contribution in [0, 0.1) is 5.92 Å². The lowest BCUT2D eigenvalue weighted by molar-refractivity contribution is -0.140. The van der Waals surface area contributed by atoms with E-state index >= 15 is 0 Å². The zero-order valence-corrected chi connectivity index (χ0v) is 11.3. The first-order valence-corrected chi connectivity index (χ1v) is 6.80. The highest BCUT2D eigenvalue weighted by Gasteiger charge is 2.32. The maximum Gasteiger partial charge on any atom is 0.240 e. The summed E-state index contributed by atoms with van der Waals surface area (Å²) in [6, 6.07) is -0.325. The smallest absolute Gasteiger partial charge is 0.240 e. The summed E-state index contributed by atoms with van der Waals surface area (Å²) in [5.41, 5.74) is 0. The molecule has 2 fully saturated rings. The zero-order chi connectivity index (χ0) is 13.1. The van der Waals surface area contributed by atoms with E-state index in [1.807, 2.05) is 4.90 Å². The molecule has 2 aliphatic rings. The van der Waals surface area contributed by atoms with Crippen LogP contribution in [0.2, 0.25) is 0 Å². The Morgan fingerprint density at radius 3 is 2.72 bits per heavy atom. The summed E-state index contributed by atoms with van der Waals surface area (Å²) < 4.78 is 0. The highest BCUT2D eigenvalue weighted by atomic mass is 16.2. The fraction of sp³-hybridized carbons (Fsp3) is 0.846. The van der Waals surface area contributed by atoms with Crippen molar-refractivity contribution in [3.8, 4) is 0 Å². The number of hydrogen-bond acceptors (Lipinski definition) is 3. The van der Waals surface area contributed by atoms with Crippen LogP contribution < -0.4 is 5.32 Å². The Morgan fingerprint density at radius 2 is 2.17 bits per heavy atom. The summed E-state index contributed by atoms with van der Waals surface area (Å²) in [6.07, 6.45) is 4.07. The van der Waals surface area contributed by atoms with E-state index in [1.54, 1.807) is 19.0 Å². The molecule has 102 valence electrons. The molecule has 0 bridgehead atoms. The van der Waals surface area contributed by atoms with Crippen LogP contribution in [0.5, 0.6) is 0 Å². The standard InChI is InChI=1S/C13H23N3O2/c1-15(2)12(17)8-11-13(18)16(7-6-14-11)9-10-4-3-5-10/h10-11,14H,3-9H2,1-2H3. The van der Waals surface area contributed by atoms with Gasteiger partial charge in [-0.1, -0.05) is 6.42 Å². The lowest BCUT2D eigenvalue weighted by atomic mass is 9.85. The minimum Gasteiger partial charge on any atom is -0.349 e. The second-order valence-electron chi connectivity index (χ2n) is 5.58. The quantitative estimate of drug-likeness (QED) is 0.771. The SMILES string of the molecule is CN(C)C(=O)CC1NCCN(CC2CCC2)C1=O. The average Bonchev–Trinajstić information content (AvgIpc) is 2.27. The molecule has 2 amide bonds. The molecule has 5 heteroatoms. The number of amides is 2. The van der Waals surface area contributed by atoms with Gasteiger partial charge in [-0.3, -0.25) is 9.59 Å². The monoisotopic (exact) mass is 253 g/mol. The van der Waals surface area contributed by atoms with Crippen LogP contribution in [0.15, 0.2) is 0 Å². The Hall–Kier alpha value is -1.10. The average molecular weight is 253 g/mol. The van der Waals surface area contributed by atoms with Crippen molar-refractivity contribution in [1.29, 1.82) is 0 Å². The number of carbonyl (C=O) groups excluding carboxylic acids is 2. The topological polar surface area (TPSA) is 52.7 Å². The molecule has 0 aromatic heterocycles. The van der Waals surface area contributed by atoms with Crippen molar-refractivity contribution in [2.45, 2.75) is 31.7 Å². The normalized spacial score (nSPS) is 24.9. The minimum atomic E-state index is -0.325. The van der Waals surface area contributed by atoms with Crippen LogP contribution in [-0.2, 0) is 9.59 Å². The Morgan fingerprint density at radius 1 is 1.44 bits per heavy atom.